The quantitative estimate of drug-likeness (QED) is 0.802. The van der Waals surface area contributed by atoms with Crippen LogP contribution in [0.3, 0.4) is 0 Å². The smallest absolute Gasteiger partial charge is 0.168 e. The summed E-state index contributed by atoms with van der Waals surface area (Å²) in [7, 11) is 0. The van der Waals surface area contributed by atoms with Gasteiger partial charge in [-0.05, 0) is 31.4 Å². The molecule has 4 N–H and O–H groups in total. The standard InChI is InChI=1S/C14H21N3O/c1-10-5-8-17-13(15)12(10)11(18)9-14(16)6-3-2-4-7-14/h5,8H,2-4,6-7,9,16H2,1H3,(H2,15,17). The molecule has 1 aliphatic rings. The summed E-state index contributed by atoms with van der Waals surface area (Å²) in [5, 5.41) is 0. The highest BCUT2D eigenvalue weighted by atomic mass is 16.1. The van der Waals surface area contributed by atoms with Crippen molar-refractivity contribution in [2.45, 2.75) is 51.0 Å². The van der Waals surface area contributed by atoms with Gasteiger partial charge in [0.25, 0.3) is 0 Å². The summed E-state index contributed by atoms with van der Waals surface area (Å²) in [5.41, 5.74) is 13.2. The van der Waals surface area contributed by atoms with E-state index in [2.05, 4.69) is 4.98 Å². The van der Waals surface area contributed by atoms with Crippen LogP contribution in [0.25, 0.3) is 0 Å². The van der Waals surface area contributed by atoms with Crippen LogP contribution in [-0.4, -0.2) is 16.3 Å². The molecule has 1 heterocycles. The molecule has 1 aromatic heterocycles. The van der Waals surface area contributed by atoms with Gasteiger partial charge in [-0.2, -0.15) is 0 Å². The van der Waals surface area contributed by atoms with E-state index in [1.54, 1.807) is 6.20 Å². The van der Waals surface area contributed by atoms with Crippen LogP contribution in [-0.2, 0) is 0 Å². The fourth-order valence-electron chi connectivity index (χ4n) is 2.78. The Morgan fingerprint density at radius 2 is 2.06 bits per heavy atom. The number of aryl methyl sites for hydroxylation is 1. The van der Waals surface area contributed by atoms with E-state index in [1.807, 2.05) is 13.0 Å². The van der Waals surface area contributed by atoms with Gasteiger partial charge < -0.3 is 11.5 Å². The zero-order valence-electron chi connectivity index (χ0n) is 10.9. The second-order valence-electron chi connectivity index (χ2n) is 5.41. The molecule has 18 heavy (non-hydrogen) atoms. The van der Waals surface area contributed by atoms with Crippen molar-refractivity contribution in [3.63, 3.8) is 0 Å². The molecular formula is C14H21N3O. The molecule has 0 bridgehead atoms. The van der Waals surface area contributed by atoms with E-state index in [9.17, 15) is 4.79 Å². The summed E-state index contributed by atoms with van der Waals surface area (Å²) in [5.74, 6) is 0.349. The Hall–Kier alpha value is -1.42. The molecule has 2 rings (SSSR count). The SMILES string of the molecule is Cc1ccnc(N)c1C(=O)CC1(N)CCCCC1. The third-order valence-corrected chi connectivity index (χ3v) is 3.83. The number of hydrogen-bond acceptors (Lipinski definition) is 4. The molecule has 0 amide bonds. The first kappa shape index (κ1) is 13.0. The lowest BCUT2D eigenvalue weighted by Crippen LogP contribution is -2.43. The second-order valence-corrected chi connectivity index (χ2v) is 5.41. The van der Waals surface area contributed by atoms with Crippen molar-refractivity contribution in [1.82, 2.24) is 4.98 Å². The largest absolute Gasteiger partial charge is 0.383 e. The van der Waals surface area contributed by atoms with Gasteiger partial charge in [-0.25, -0.2) is 4.98 Å². The zero-order valence-corrected chi connectivity index (χ0v) is 10.9. The topological polar surface area (TPSA) is 82.0 Å². The Kier molecular flexibility index (Phi) is 3.66. The second kappa shape index (κ2) is 5.06. The predicted octanol–water partition coefficient (Wildman–Crippen LogP) is 2.21. The zero-order chi connectivity index (χ0) is 13.2. The number of Topliss-reactive ketones (excluding diaryl/α,β-unsaturated/α-hetero) is 1. The Labute approximate surface area is 108 Å². The van der Waals surface area contributed by atoms with Gasteiger partial charge in [-0.3, -0.25) is 4.79 Å². The molecule has 0 radical (unpaired) electrons. The number of pyridine rings is 1. The highest BCUT2D eigenvalue weighted by molar-refractivity contribution is 6.01. The molecule has 4 nitrogen and oxygen atoms in total. The van der Waals surface area contributed by atoms with Crippen LogP contribution in [0.2, 0.25) is 0 Å². The van der Waals surface area contributed by atoms with E-state index in [0.29, 0.717) is 17.8 Å². The molecular weight excluding hydrogens is 226 g/mol. The van der Waals surface area contributed by atoms with E-state index in [1.165, 1.54) is 6.42 Å². The predicted molar refractivity (Wildman–Crippen MR) is 72.3 cm³/mol. The molecule has 4 heteroatoms. The lowest BCUT2D eigenvalue weighted by atomic mass is 9.78. The average molecular weight is 247 g/mol. The van der Waals surface area contributed by atoms with E-state index in [4.69, 9.17) is 11.5 Å². The first-order valence-electron chi connectivity index (χ1n) is 6.55. The summed E-state index contributed by atoms with van der Waals surface area (Å²) in [6, 6.07) is 1.81. The lowest BCUT2D eigenvalue weighted by molar-refractivity contribution is 0.0934. The van der Waals surface area contributed by atoms with Gasteiger partial charge in [0, 0.05) is 18.2 Å². The Morgan fingerprint density at radius 3 is 2.67 bits per heavy atom. The summed E-state index contributed by atoms with van der Waals surface area (Å²) >= 11 is 0. The van der Waals surface area contributed by atoms with Crippen LogP contribution in [0.15, 0.2) is 12.3 Å². The number of nitrogens with two attached hydrogens (primary N) is 2. The number of hydrogen-bond donors (Lipinski definition) is 2. The molecule has 1 aromatic rings. The number of nitrogens with zero attached hydrogens (tertiary/aromatic N) is 1. The number of aromatic nitrogens is 1. The molecule has 0 saturated heterocycles. The molecule has 1 aliphatic carbocycles. The van der Waals surface area contributed by atoms with E-state index >= 15 is 0 Å². The maximum absolute atomic E-state index is 12.4. The number of rotatable bonds is 3. The van der Waals surface area contributed by atoms with Gasteiger partial charge >= 0.3 is 0 Å². The third-order valence-electron chi connectivity index (χ3n) is 3.83. The van der Waals surface area contributed by atoms with Crippen LogP contribution in [0, 0.1) is 6.92 Å². The molecule has 98 valence electrons. The monoisotopic (exact) mass is 247 g/mol. The van der Waals surface area contributed by atoms with Gasteiger partial charge in [0.15, 0.2) is 5.78 Å². The minimum absolute atomic E-state index is 0.0301. The minimum atomic E-state index is -0.343. The summed E-state index contributed by atoms with van der Waals surface area (Å²) in [6.45, 7) is 1.88. The molecule has 1 saturated carbocycles. The molecule has 0 atom stereocenters. The summed E-state index contributed by atoms with van der Waals surface area (Å²) < 4.78 is 0. The third kappa shape index (κ3) is 2.70. The van der Waals surface area contributed by atoms with Crippen molar-refractivity contribution in [2.24, 2.45) is 5.73 Å². The van der Waals surface area contributed by atoms with Crippen LogP contribution in [0.1, 0.15) is 54.4 Å². The summed E-state index contributed by atoms with van der Waals surface area (Å²) in [4.78, 5) is 16.4. The average Bonchev–Trinajstić information content (AvgIpc) is 2.28. The van der Waals surface area contributed by atoms with Gasteiger partial charge in [0.2, 0.25) is 0 Å². The maximum Gasteiger partial charge on any atom is 0.168 e. The fourth-order valence-corrected chi connectivity index (χ4v) is 2.78. The highest BCUT2D eigenvalue weighted by Gasteiger charge is 2.31. The first-order chi connectivity index (χ1) is 8.52. The number of carbonyl (C=O) groups excluding carboxylic acids is 1. The number of ketones is 1. The van der Waals surface area contributed by atoms with E-state index in [-0.39, 0.29) is 11.3 Å². The molecule has 0 unspecified atom stereocenters. The maximum atomic E-state index is 12.4. The van der Waals surface area contributed by atoms with Crippen LogP contribution >= 0.6 is 0 Å². The number of carbonyl (C=O) groups is 1. The van der Waals surface area contributed by atoms with Crippen molar-refractivity contribution >= 4 is 11.6 Å². The van der Waals surface area contributed by atoms with Crippen molar-refractivity contribution in [3.8, 4) is 0 Å². The Morgan fingerprint density at radius 1 is 1.39 bits per heavy atom. The van der Waals surface area contributed by atoms with Crippen molar-refractivity contribution in [3.05, 3.63) is 23.4 Å². The summed E-state index contributed by atoms with van der Waals surface area (Å²) in [6.07, 6.45) is 7.32. The lowest BCUT2D eigenvalue weighted by Gasteiger charge is -2.33. The van der Waals surface area contributed by atoms with Gasteiger partial charge in [0.05, 0.1) is 5.56 Å². The van der Waals surface area contributed by atoms with E-state index in [0.717, 1.165) is 31.2 Å². The Bertz CT molecular complexity index is 430. The van der Waals surface area contributed by atoms with Gasteiger partial charge in [0.1, 0.15) is 5.82 Å². The van der Waals surface area contributed by atoms with Crippen LogP contribution in [0.4, 0.5) is 5.82 Å². The normalized spacial score (nSPS) is 18.6. The molecule has 0 aromatic carbocycles. The van der Waals surface area contributed by atoms with Crippen LogP contribution < -0.4 is 11.5 Å². The fraction of sp³-hybridized carbons (Fsp3) is 0.571. The van der Waals surface area contributed by atoms with Crippen molar-refractivity contribution in [1.29, 1.82) is 0 Å². The number of nitrogen functional groups attached to an aromatic ring is 1. The highest BCUT2D eigenvalue weighted by Crippen LogP contribution is 2.30. The van der Waals surface area contributed by atoms with Gasteiger partial charge in [-0.15, -0.1) is 0 Å². The Balaban J connectivity index is 2.17. The first-order valence-corrected chi connectivity index (χ1v) is 6.55. The van der Waals surface area contributed by atoms with Gasteiger partial charge in [-0.1, -0.05) is 19.3 Å². The molecule has 0 spiro atoms. The van der Waals surface area contributed by atoms with Crippen LogP contribution in [0.5, 0.6) is 0 Å². The minimum Gasteiger partial charge on any atom is -0.383 e. The molecule has 0 aliphatic heterocycles. The number of anilines is 1. The van der Waals surface area contributed by atoms with Crippen molar-refractivity contribution in [2.75, 3.05) is 5.73 Å². The van der Waals surface area contributed by atoms with Crippen molar-refractivity contribution < 1.29 is 4.79 Å². The van der Waals surface area contributed by atoms with E-state index < -0.39 is 0 Å². The molecule has 1 fully saturated rings.